The number of benzene rings is 1. The van der Waals surface area contributed by atoms with E-state index < -0.39 is 0 Å². The highest BCUT2D eigenvalue weighted by molar-refractivity contribution is 5.89. The minimum Gasteiger partial charge on any atom is -0.356 e. The fourth-order valence-corrected chi connectivity index (χ4v) is 1.65. The quantitative estimate of drug-likeness (QED) is 0.632. The van der Waals surface area contributed by atoms with Crippen molar-refractivity contribution in [3.05, 3.63) is 29.8 Å². The van der Waals surface area contributed by atoms with E-state index in [1.165, 1.54) is 0 Å². The van der Waals surface area contributed by atoms with Crippen molar-refractivity contribution in [3.8, 4) is 0 Å². The number of urea groups is 1. The molecule has 0 aliphatic carbocycles. The Bertz CT molecular complexity index is 460. The summed E-state index contributed by atoms with van der Waals surface area (Å²) in [5, 5.41) is 8.00. The molecule has 0 aliphatic rings. The highest BCUT2D eigenvalue weighted by atomic mass is 16.2. The molecular formula is C14H22N4O2. The van der Waals surface area contributed by atoms with E-state index >= 15 is 0 Å². The molecule has 0 saturated carbocycles. The average molecular weight is 278 g/mol. The zero-order valence-corrected chi connectivity index (χ0v) is 11.9. The first-order valence-corrected chi connectivity index (χ1v) is 6.70. The summed E-state index contributed by atoms with van der Waals surface area (Å²) in [6.07, 6.45) is 0.265. The number of carbonyl (C=O) groups excluding carboxylic acids is 2. The molecule has 0 fully saturated rings. The molecule has 0 aliphatic heterocycles. The molecule has 1 aromatic rings. The molecule has 1 aromatic carbocycles. The van der Waals surface area contributed by atoms with E-state index in [-0.39, 0.29) is 24.4 Å². The van der Waals surface area contributed by atoms with E-state index in [4.69, 9.17) is 5.73 Å². The van der Waals surface area contributed by atoms with Gasteiger partial charge in [0.15, 0.2) is 0 Å². The molecule has 1 unspecified atom stereocenters. The van der Waals surface area contributed by atoms with Crippen LogP contribution in [0.1, 0.15) is 31.9 Å². The van der Waals surface area contributed by atoms with E-state index in [1.807, 2.05) is 32.0 Å². The van der Waals surface area contributed by atoms with Crippen LogP contribution >= 0.6 is 0 Å². The van der Waals surface area contributed by atoms with E-state index in [9.17, 15) is 9.59 Å². The second-order valence-corrected chi connectivity index (χ2v) is 4.50. The molecule has 6 heteroatoms. The van der Waals surface area contributed by atoms with Gasteiger partial charge in [-0.05, 0) is 31.5 Å². The number of hydrogen-bond acceptors (Lipinski definition) is 3. The Morgan fingerprint density at radius 3 is 2.70 bits per heavy atom. The lowest BCUT2D eigenvalue weighted by Crippen LogP contribution is -2.33. The summed E-state index contributed by atoms with van der Waals surface area (Å²) in [6, 6.07) is 6.93. The SMILES string of the molecule is CCNC(=O)CCNC(=O)Nc1cccc(C(C)N)c1. The zero-order chi connectivity index (χ0) is 15.0. The summed E-state index contributed by atoms with van der Waals surface area (Å²) in [6.45, 7) is 4.62. The Kier molecular flexibility index (Phi) is 6.52. The summed E-state index contributed by atoms with van der Waals surface area (Å²) < 4.78 is 0. The first-order chi connectivity index (χ1) is 9.52. The van der Waals surface area contributed by atoms with Gasteiger partial charge >= 0.3 is 6.03 Å². The fourth-order valence-electron chi connectivity index (χ4n) is 1.65. The normalized spacial score (nSPS) is 11.6. The van der Waals surface area contributed by atoms with Gasteiger partial charge in [-0.15, -0.1) is 0 Å². The number of rotatable bonds is 6. The third kappa shape index (κ3) is 5.71. The molecule has 0 aromatic heterocycles. The summed E-state index contributed by atoms with van der Waals surface area (Å²) in [5.41, 5.74) is 7.41. The van der Waals surface area contributed by atoms with Crippen molar-refractivity contribution < 1.29 is 9.59 Å². The van der Waals surface area contributed by atoms with Crippen molar-refractivity contribution in [1.29, 1.82) is 0 Å². The van der Waals surface area contributed by atoms with Crippen molar-refractivity contribution in [1.82, 2.24) is 10.6 Å². The molecule has 0 spiro atoms. The molecule has 0 saturated heterocycles. The fraction of sp³-hybridized carbons (Fsp3) is 0.429. The monoisotopic (exact) mass is 278 g/mol. The second-order valence-electron chi connectivity index (χ2n) is 4.50. The van der Waals surface area contributed by atoms with E-state index in [2.05, 4.69) is 16.0 Å². The molecule has 20 heavy (non-hydrogen) atoms. The van der Waals surface area contributed by atoms with Crippen molar-refractivity contribution in [2.75, 3.05) is 18.4 Å². The molecule has 0 bridgehead atoms. The maximum Gasteiger partial charge on any atom is 0.319 e. The molecule has 1 rings (SSSR count). The third-order valence-corrected chi connectivity index (χ3v) is 2.68. The molecule has 0 heterocycles. The average Bonchev–Trinajstić information content (AvgIpc) is 2.39. The predicted octanol–water partition coefficient (Wildman–Crippen LogP) is 1.35. The van der Waals surface area contributed by atoms with Gasteiger partial charge in [-0.2, -0.15) is 0 Å². The number of amides is 3. The number of nitrogens with two attached hydrogens (primary N) is 1. The Labute approximate surface area is 119 Å². The minimum atomic E-state index is -0.337. The van der Waals surface area contributed by atoms with Crippen LogP contribution in [-0.4, -0.2) is 25.0 Å². The van der Waals surface area contributed by atoms with Crippen LogP contribution in [0.5, 0.6) is 0 Å². The molecular weight excluding hydrogens is 256 g/mol. The van der Waals surface area contributed by atoms with Gasteiger partial charge in [-0.25, -0.2) is 4.79 Å². The Balaban J connectivity index is 2.39. The lowest BCUT2D eigenvalue weighted by atomic mass is 10.1. The number of nitrogens with one attached hydrogen (secondary N) is 3. The zero-order valence-electron chi connectivity index (χ0n) is 11.9. The van der Waals surface area contributed by atoms with E-state index in [0.29, 0.717) is 18.8 Å². The van der Waals surface area contributed by atoms with Crippen LogP contribution < -0.4 is 21.7 Å². The third-order valence-electron chi connectivity index (χ3n) is 2.68. The smallest absolute Gasteiger partial charge is 0.319 e. The van der Waals surface area contributed by atoms with Gasteiger partial charge in [0.2, 0.25) is 5.91 Å². The van der Waals surface area contributed by atoms with Crippen molar-refractivity contribution >= 4 is 17.6 Å². The standard InChI is InChI=1S/C14H22N4O2/c1-3-16-13(19)7-8-17-14(20)18-12-6-4-5-11(9-12)10(2)15/h4-6,9-10H,3,7-8,15H2,1-2H3,(H,16,19)(H2,17,18,20). The lowest BCUT2D eigenvalue weighted by Gasteiger charge is -2.10. The summed E-state index contributed by atoms with van der Waals surface area (Å²) in [7, 11) is 0. The maximum absolute atomic E-state index is 11.6. The molecule has 110 valence electrons. The Morgan fingerprint density at radius 2 is 2.05 bits per heavy atom. The summed E-state index contributed by atoms with van der Waals surface area (Å²) in [4.78, 5) is 22.9. The topological polar surface area (TPSA) is 96.2 Å². The van der Waals surface area contributed by atoms with Gasteiger partial charge in [0, 0.05) is 31.2 Å². The number of anilines is 1. The van der Waals surface area contributed by atoms with Crippen LogP contribution in [0.2, 0.25) is 0 Å². The van der Waals surface area contributed by atoms with Crippen LogP contribution in [0.3, 0.4) is 0 Å². The number of carbonyl (C=O) groups is 2. The van der Waals surface area contributed by atoms with Crippen molar-refractivity contribution in [2.45, 2.75) is 26.3 Å². The minimum absolute atomic E-state index is 0.0771. The Hall–Kier alpha value is -2.08. The van der Waals surface area contributed by atoms with Gasteiger partial charge in [-0.1, -0.05) is 12.1 Å². The largest absolute Gasteiger partial charge is 0.356 e. The van der Waals surface area contributed by atoms with Gasteiger partial charge in [0.1, 0.15) is 0 Å². The summed E-state index contributed by atoms with van der Waals surface area (Å²) >= 11 is 0. The van der Waals surface area contributed by atoms with Crippen LogP contribution in [0.25, 0.3) is 0 Å². The Morgan fingerprint density at radius 1 is 1.30 bits per heavy atom. The van der Waals surface area contributed by atoms with Crippen molar-refractivity contribution in [3.63, 3.8) is 0 Å². The van der Waals surface area contributed by atoms with Gasteiger partial charge in [0.05, 0.1) is 0 Å². The highest BCUT2D eigenvalue weighted by Crippen LogP contribution is 2.15. The first-order valence-electron chi connectivity index (χ1n) is 6.70. The molecule has 6 nitrogen and oxygen atoms in total. The van der Waals surface area contributed by atoms with E-state index in [1.54, 1.807) is 6.07 Å². The van der Waals surface area contributed by atoms with Crippen LogP contribution in [0.15, 0.2) is 24.3 Å². The highest BCUT2D eigenvalue weighted by Gasteiger charge is 2.05. The lowest BCUT2D eigenvalue weighted by molar-refractivity contribution is -0.120. The van der Waals surface area contributed by atoms with Gasteiger partial charge in [0.25, 0.3) is 0 Å². The molecule has 5 N–H and O–H groups in total. The van der Waals surface area contributed by atoms with Crippen molar-refractivity contribution in [2.24, 2.45) is 5.73 Å². The molecule has 1 atom stereocenters. The van der Waals surface area contributed by atoms with Crippen LogP contribution in [-0.2, 0) is 4.79 Å². The van der Waals surface area contributed by atoms with E-state index in [0.717, 1.165) is 5.56 Å². The first kappa shape index (κ1) is 16.0. The van der Waals surface area contributed by atoms with Gasteiger partial charge < -0.3 is 21.7 Å². The molecule has 0 radical (unpaired) electrons. The van der Waals surface area contributed by atoms with Gasteiger partial charge in [-0.3, -0.25) is 4.79 Å². The second kappa shape index (κ2) is 8.16. The molecule has 3 amide bonds. The predicted molar refractivity (Wildman–Crippen MR) is 79.4 cm³/mol. The number of hydrogen-bond donors (Lipinski definition) is 4. The summed E-state index contributed by atoms with van der Waals surface area (Å²) in [5.74, 6) is -0.0771. The van der Waals surface area contributed by atoms with Crippen LogP contribution in [0.4, 0.5) is 10.5 Å². The van der Waals surface area contributed by atoms with Crippen LogP contribution in [0, 0.1) is 0 Å². The maximum atomic E-state index is 11.6.